The Bertz CT molecular complexity index is 1030. The number of hydrogen-bond donors (Lipinski definition) is 2. The number of likely N-dealkylation sites (tertiary alicyclic amines) is 1. The van der Waals surface area contributed by atoms with Crippen molar-refractivity contribution < 1.29 is 14.8 Å². The van der Waals surface area contributed by atoms with Gasteiger partial charge in [0.1, 0.15) is 5.75 Å². The van der Waals surface area contributed by atoms with Crippen molar-refractivity contribution in [2.45, 2.75) is 64.1 Å². The van der Waals surface area contributed by atoms with Gasteiger partial charge in [-0.05, 0) is 69.4 Å². The standard InChI is InChI=1S/C27H35N3O2/c1-18-8-7-9-19(2)30(18)27(31)20(3)28-16-24(21-12-14-22(32-4)15-13-21)25-17-29-26-11-6-5-10-23(25)26/h5-6,10-15,17-20,24,28-29H,7-9,16H2,1-4H3/p+1/t18-,19-,20+,24-/m0/s1. The molecule has 0 radical (unpaired) electrons. The Labute approximate surface area is 191 Å². The van der Waals surface area contributed by atoms with Gasteiger partial charge in [-0.3, -0.25) is 4.79 Å². The number of nitrogens with zero attached hydrogens (tertiary/aromatic N) is 1. The van der Waals surface area contributed by atoms with Crippen molar-refractivity contribution in [2.24, 2.45) is 0 Å². The highest BCUT2D eigenvalue weighted by Gasteiger charge is 2.33. The predicted octanol–water partition coefficient (Wildman–Crippen LogP) is 4.05. The van der Waals surface area contributed by atoms with Gasteiger partial charge in [-0.1, -0.05) is 30.3 Å². The van der Waals surface area contributed by atoms with Crippen LogP contribution in [0.5, 0.6) is 5.75 Å². The van der Waals surface area contributed by atoms with E-state index in [-0.39, 0.29) is 17.9 Å². The first-order valence-corrected chi connectivity index (χ1v) is 11.8. The molecular weight excluding hydrogens is 398 g/mol. The van der Waals surface area contributed by atoms with E-state index in [0.29, 0.717) is 12.1 Å². The van der Waals surface area contributed by atoms with Crippen LogP contribution < -0.4 is 10.1 Å². The number of carbonyl (C=O) groups is 1. The molecule has 0 bridgehead atoms. The number of aromatic amines is 1. The van der Waals surface area contributed by atoms with Crippen molar-refractivity contribution in [1.82, 2.24) is 9.88 Å². The Hall–Kier alpha value is -2.79. The molecule has 5 heteroatoms. The van der Waals surface area contributed by atoms with Crippen LogP contribution in [0.25, 0.3) is 10.9 Å². The summed E-state index contributed by atoms with van der Waals surface area (Å²) in [6, 6.07) is 17.3. The number of hydrogen-bond acceptors (Lipinski definition) is 2. The highest BCUT2D eigenvalue weighted by molar-refractivity contribution is 5.84. The minimum absolute atomic E-state index is 0.107. The number of methoxy groups -OCH3 is 1. The summed E-state index contributed by atoms with van der Waals surface area (Å²) in [5, 5.41) is 3.45. The average Bonchev–Trinajstić information content (AvgIpc) is 3.23. The number of H-pyrrole nitrogens is 1. The van der Waals surface area contributed by atoms with E-state index in [4.69, 9.17) is 4.74 Å². The molecule has 3 aromatic rings. The second-order valence-electron chi connectivity index (χ2n) is 9.25. The number of carbonyl (C=O) groups excluding carboxylic acids is 1. The smallest absolute Gasteiger partial charge is 0.280 e. The summed E-state index contributed by atoms with van der Waals surface area (Å²) < 4.78 is 5.36. The molecule has 1 fully saturated rings. The maximum atomic E-state index is 13.3. The zero-order valence-corrected chi connectivity index (χ0v) is 19.7. The van der Waals surface area contributed by atoms with Gasteiger partial charge in [0, 0.05) is 29.2 Å². The molecule has 1 aliphatic heterocycles. The van der Waals surface area contributed by atoms with E-state index in [1.165, 1.54) is 22.9 Å². The summed E-state index contributed by atoms with van der Waals surface area (Å²) in [4.78, 5) is 18.9. The fraction of sp³-hybridized carbons (Fsp3) is 0.444. The molecule has 0 aliphatic carbocycles. The number of nitrogens with one attached hydrogen (secondary N) is 1. The first kappa shape index (κ1) is 22.4. The number of amides is 1. The first-order valence-electron chi connectivity index (χ1n) is 11.8. The van der Waals surface area contributed by atoms with Crippen molar-refractivity contribution in [2.75, 3.05) is 13.7 Å². The van der Waals surface area contributed by atoms with Gasteiger partial charge in [0.2, 0.25) is 0 Å². The Morgan fingerprint density at radius 3 is 2.50 bits per heavy atom. The lowest BCUT2D eigenvalue weighted by Gasteiger charge is -2.39. The molecule has 1 saturated heterocycles. The van der Waals surface area contributed by atoms with Crippen LogP contribution in [-0.4, -0.2) is 47.6 Å². The Balaban J connectivity index is 1.57. The molecule has 1 amide bonds. The van der Waals surface area contributed by atoms with Crippen LogP contribution >= 0.6 is 0 Å². The third kappa shape index (κ3) is 4.53. The highest BCUT2D eigenvalue weighted by atomic mass is 16.5. The first-order chi connectivity index (χ1) is 15.5. The topological polar surface area (TPSA) is 61.9 Å². The lowest BCUT2D eigenvalue weighted by molar-refractivity contribution is -0.675. The number of para-hydroxylation sites is 1. The van der Waals surface area contributed by atoms with Crippen molar-refractivity contribution >= 4 is 16.8 Å². The van der Waals surface area contributed by atoms with Gasteiger partial charge in [0.25, 0.3) is 5.91 Å². The SMILES string of the molecule is COc1ccc([C@H](C[NH2+][C@H](C)C(=O)N2[C@@H](C)CCC[C@@H]2C)c2c[nH]c3ccccc23)cc1. The maximum absolute atomic E-state index is 13.3. The summed E-state index contributed by atoms with van der Waals surface area (Å²) >= 11 is 0. The van der Waals surface area contributed by atoms with Crippen molar-refractivity contribution in [3.63, 3.8) is 0 Å². The van der Waals surface area contributed by atoms with Crippen LogP contribution in [-0.2, 0) is 4.79 Å². The van der Waals surface area contributed by atoms with Gasteiger partial charge < -0.3 is 19.9 Å². The molecule has 1 aromatic heterocycles. The number of aromatic nitrogens is 1. The van der Waals surface area contributed by atoms with E-state index in [1.807, 2.05) is 12.1 Å². The number of nitrogens with two attached hydrogens (primary N) is 1. The normalized spacial score (nSPS) is 20.8. The third-order valence-corrected chi connectivity index (χ3v) is 7.08. The summed E-state index contributed by atoms with van der Waals surface area (Å²) in [6.45, 7) is 7.23. The molecule has 0 saturated carbocycles. The quantitative estimate of drug-likeness (QED) is 0.589. The van der Waals surface area contributed by atoms with E-state index in [9.17, 15) is 4.79 Å². The van der Waals surface area contributed by atoms with Crippen molar-refractivity contribution in [3.8, 4) is 5.75 Å². The molecule has 0 spiro atoms. The molecule has 1 aliphatic rings. The van der Waals surface area contributed by atoms with Crippen LogP contribution in [0.3, 0.4) is 0 Å². The predicted molar refractivity (Wildman–Crippen MR) is 129 cm³/mol. The number of rotatable bonds is 7. The van der Waals surface area contributed by atoms with E-state index in [1.54, 1.807) is 7.11 Å². The fourth-order valence-electron chi connectivity index (χ4n) is 5.19. The number of ether oxygens (including phenoxy) is 1. The van der Waals surface area contributed by atoms with Gasteiger partial charge >= 0.3 is 0 Å². The third-order valence-electron chi connectivity index (χ3n) is 7.08. The van der Waals surface area contributed by atoms with Crippen LogP contribution in [0, 0.1) is 0 Å². The van der Waals surface area contributed by atoms with Gasteiger partial charge in [0.15, 0.2) is 6.04 Å². The maximum Gasteiger partial charge on any atom is 0.280 e. The molecule has 3 N–H and O–H groups in total. The molecule has 32 heavy (non-hydrogen) atoms. The average molecular weight is 435 g/mol. The van der Waals surface area contributed by atoms with E-state index in [2.05, 4.69) is 78.6 Å². The minimum Gasteiger partial charge on any atom is -0.497 e. The zero-order valence-electron chi connectivity index (χ0n) is 19.7. The number of benzene rings is 2. The molecule has 5 nitrogen and oxygen atoms in total. The molecular formula is C27H36N3O2+. The van der Waals surface area contributed by atoms with Gasteiger partial charge in [-0.15, -0.1) is 0 Å². The highest BCUT2D eigenvalue weighted by Crippen LogP contribution is 2.31. The van der Waals surface area contributed by atoms with Crippen LogP contribution in [0.1, 0.15) is 57.1 Å². The Morgan fingerprint density at radius 2 is 1.81 bits per heavy atom. The summed E-state index contributed by atoms with van der Waals surface area (Å²) in [7, 11) is 1.69. The molecule has 170 valence electrons. The van der Waals surface area contributed by atoms with Crippen molar-refractivity contribution in [3.05, 3.63) is 65.9 Å². The van der Waals surface area contributed by atoms with Crippen molar-refractivity contribution in [1.29, 1.82) is 0 Å². The van der Waals surface area contributed by atoms with Gasteiger partial charge in [-0.25, -0.2) is 0 Å². The molecule has 4 atom stereocenters. The minimum atomic E-state index is -0.107. The Morgan fingerprint density at radius 1 is 1.12 bits per heavy atom. The lowest BCUT2D eigenvalue weighted by Crippen LogP contribution is -2.93. The number of quaternary nitrogens is 1. The van der Waals surface area contributed by atoms with E-state index >= 15 is 0 Å². The molecule has 2 aromatic carbocycles. The van der Waals surface area contributed by atoms with E-state index < -0.39 is 0 Å². The van der Waals surface area contributed by atoms with Crippen LogP contribution in [0.4, 0.5) is 0 Å². The Kier molecular flexibility index (Phi) is 6.85. The second-order valence-corrected chi connectivity index (χ2v) is 9.25. The molecule has 0 unspecified atom stereocenters. The van der Waals surface area contributed by atoms with E-state index in [0.717, 1.165) is 30.7 Å². The molecule has 2 heterocycles. The van der Waals surface area contributed by atoms with Crippen LogP contribution in [0.2, 0.25) is 0 Å². The summed E-state index contributed by atoms with van der Waals surface area (Å²) in [5.74, 6) is 1.28. The second kappa shape index (κ2) is 9.78. The number of fused-ring (bicyclic) bond motifs is 1. The summed E-state index contributed by atoms with van der Waals surface area (Å²) in [5.41, 5.74) is 3.63. The zero-order chi connectivity index (χ0) is 22.7. The van der Waals surface area contributed by atoms with Gasteiger partial charge in [0.05, 0.1) is 19.6 Å². The fourth-order valence-corrected chi connectivity index (χ4v) is 5.19. The largest absolute Gasteiger partial charge is 0.497 e. The molecule has 4 rings (SSSR count). The lowest BCUT2D eigenvalue weighted by atomic mass is 9.90. The number of piperidine rings is 1. The monoisotopic (exact) mass is 434 g/mol. The van der Waals surface area contributed by atoms with Gasteiger partial charge in [-0.2, -0.15) is 0 Å². The summed E-state index contributed by atoms with van der Waals surface area (Å²) in [6.07, 6.45) is 5.54. The van der Waals surface area contributed by atoms with Crippen LogP contribution in [0.15, 0.2) is 54.7 Å².